The smallest absolute Gasteiger partial charge is 0.326 e. The van der Waals surface area contributed by atoms with Crippen molar-refractivity contribution >= 4 is 23.5 Å². The number of carbonyl (C=O) groups excluding carboxylic acids is 2. The molecule has 23 heavy (non-hydrogen) atoms. The summed E-state index contributed by atoms with van der Waals surface area (Å²) in [6.45, 7) is 0.496. The van der Waals surface area contributed by atoms with Gasteiger partial charge in [-0.25, -0.2) is 4.79 Å². The number of nitrogens with one attached hydrogen (secondary N) is 1. The van der Waals surface area contributed by atoms with Crippen LogP contribution in [-0.4, -0.2) is 40.4 Å². The number of benzene rings is 1. The maximum absolute atomic E-state index is 12.3. The number of rotatable bonds is 4. The summed E-state index contributed by atoms with van der Waals surface area (Å²) in [6, 6.07) is 6.95. The van der Waals surface area contributed by atoms with Crippen LogP contribution in [0.4, 0.5) is 5.69 Å². The average molecular weight is 316 g/mol. The van der Waals surface area contributed by atoms with Crippen LogP contribution in [0.3, 0.4) is 0 Å². The van der Waals surface area contributed by atoms with Crippen LogP contribution in [-0.2, 0) is 20.8 Å². The minimum Gasteiger partial charge on any atom is -0.480 e. The molecule has 6 nitrogen and oxygen atoms in total. The third-order valence-electron chi connectivity index (χ3n) is 4.68. The van der Waals surface area contributed by atoms with E-state index >= 15 is 0 Å². The van der Waals surface area contributed by atoms with Crippen LogP contribution in [0, 0.1) is 5.92 Å². The molecule has 0 aliphatic carbocycles. The fraction of sp³-hybridized carbons (Fsp3) is 0.471. The van der Waals surface area contributed by atoms with Crippen molar-refractivity contribution in [1.29, 1.82) is 0 Å². The van der Waals surface area contributed by atoms with Crippen LogP contribution in [0.1, 0.15) is 31.2 Å². The Hall–Kier alpha value is -2.37. The zero-order valence-electron chi connectivity index (χ0n) is 12.8. The number of carboxylic acid groups (broad SMARTS) is 1. The maximum atomic E-state index is 12.3. The fourth-order valence-corrected chi connectivity index (χ4v) is 3.41. The molecule has 2 amide bonds. The largest absolute Gasteiger partial charge is 0.480 e. The van der Waals surface area contributed by atoms with Crippen molar-refractivity contribution in [2.75, 3.05) is 11.9 Å². The standard InChI is InChI=1S/C17H20N2O4/c20-15(19-9-3-6-14(19)17(22)23)8-7-12-10-11-4-1-2-5-13(11)18-16(12)21/h1-2,4-5,12,14H,3,6-10H2,(H,18,21)(H,22,23)/t12?,14-/m1/s1. The van der Waals surface area contributed by atoms with E-state index in [0.717, 1.165) is 17.7 Å². The molecule has 1 unspecified atom stereocenters. The fourth-order valence-electron chi connectivity index (χ4n) is 3.41. The van der Waals surface area contributed by atoms with Crippen molar-refractivity contribution in [2.24, 2.45) is 5.92 Å². The molecule has 0 saturated carbocycles. The van der Waals surface area contributed by atoms with Gasteiger partial charge < -0.3 is 15.3 Å². The molecular formula is C17H20N2O4. The van der Waals surface area contributed by atoms with Gasteiger partial charge in [-0.05, 0) is 37.3 Å². The molecule has 2 heterocycles. The number of anilines is 1. The molecule has 0 radical (unpaired) electrons. The van der Waals surface area contributed by atoms with Crippen LogP contribution in [0.15, 0.2) is 24.3 Å². The Kier molecular flexibility index (Phi) is 4.32. The van der Waals surface area contributed by atoms with Crippen molar-refractivity contribution in [3.8, 4) is 0 Å². The van der Waals surface area contributed by atoms with Crippen molar-refractivity contribution in [3.05, 3.63) is 29.8 Å². The Morgan fingerprint density at radius 1 is 1.30 bits per heavy atom. The number of hydrogen-bond donors (Lipinski definition) is 2. The summed E-state index contributed by atoms with van der Waals surface area (Å²) < 4.78 is 0. The maximum Gasteiger partial charge on any atom is 0.326 e. The number of fused-ring (bicyclic) bond motifs is 1. The summed E-state index contributed by atoms with van der Waals surface area (Å²) in [5.41, 5.74) is 1.92. The molecule has 0 bridgehead atoms. The van der Waals surface area contributed by atoms with Crippen LogP contribution in [0.5, 0.6) is 0 Å². The Morgan fingerprint density at radius 3 is 2.87 bits per heavy atom. The highest BCUT2D eigenvalue weighted by Gasteiger charge is 2.34. The van der Waals surface area contributed by atoms with E-state index in [2.05, 4.69) is 5.32 Å². The predicted octanol–water partition coefficient (Wildman–Crippen LogP) is 1.65. The Balaban J connectivity index is 1.59. The third kappa shape index (κ3) is 3.21. The van der Waals surface area contributed by atoms with E-state index in [4.69, 9.17) is 5.11 Å². The van der Waals surface area contributed by atoms with Crippen molar-refractivity contribution in [2.45, 2.75) is 38.1 Å². The van der Waals surface area contributed by atoms with E-state index < -0.39 is 12.0 Å². The minimum atomic E-state index is -0.944. The van der Waals surface area contributed by atoms with Gasteiger partial charge in [0, 0.05) is 24.6 Å². The number of aliphatic carboxylic acids is 1. The summed E-state index contributed by atoms with van der Waals surface area (Å²) in [5.74, 6) is -1.41. The number of para-hydroxylation sites is 1. The van der Waals surface area contributed by atoms with Gasteiger partial charge in [-0.2, -0.15) is 0 Å². The lowest BCUT2D eigenvalue weighted by Gasteiger charge is -2.26. The van der Waals surface area contributed by atoms with E-state index in [9.17, 15) is 14.4 Å². The molecule has 0 aromatic heterocycles. The number of likely N-dealkylation sites (tertiary alicyclic amines) is 1. The number of carboxylic acids is 1. The molecule has 1 aromatic carbocycles. The lowest BCUT2D eigenvalue weighted by atomic mass is 9.89. The normalized spacial score (nSPS) is 23.3. The molecule has 0 spiro atoms. The highest BCUT2D eigenvalue weighted by atomic mass is 16.4. The number of hydrogen-bond acceptors (Lipinski definition) is 3. The summed E-state index contributed by atoms with van der Waals surface area (Å²) >= 11 is 0. The van der Waals surface area contributed by atoms with Gasteiger partial charge in [0.1, 0.15) is 6.04 Å². The molecule has 1 fully saturated rings. The molecular weight excluding hydrogens is 296 g/mol. The van der Waals surface area contributed by atoms with Gasteiger partial charge in [-0.1, -0.05) is 18.2 Å². The van der Waals surface area contributed by atoms with Crippen LogP contribution < -0.4 is 5.32 Å². The predicted molar refractivity (Wildman–Crippen MR) is 83.9 cm³/mol. The Labute approximate surface area is 134 Å². The van der Waals surface area contributed by atoms with Gasteiger partial charge >= 0.3 is 5.97 Å². The molecule has 2 aliphatic heterocycles. The van der Waals surface area contributed by atoms with Crippen LogP contribution >= 0.6 is 0 Å². The highest BCUT2D eigenvalue weighted by Crippen LogP contribution is 2.28. The zero-order chi connectivity index (χ0) is 16.4. The van der Waals surface area contributed by atoms with Gasteiger partial charge in [-0.3, -0.25) is 9.59 Å². The molecule has 6 heteroatoms. The second kappa shape index (κ2) is 6.40. The van der Waals surface area contributed by atoms with E-state index in [1.165, 1.54) is 4.90 Å². The zero-order valence-corrected chi connectivity index (χ0v) is 12.8. The number of nitrogens with zero attached hydrogens (tertiary/aromatic N) is 1. The highest BCUT2D eigenvalue weighted by molar-refractivity contribution is 5.96. The molecule has 2 aliphatic rings. The topological polar surface area (TPSA) is 86.7 Å². The van der Waals surface area contributed by atoms with E-state index in [-0.39, 0.29) is 24.2 Å². The molecule has 122 valence electrons. The summed E-state index contributed by atoms with van der Waals surface area (Å²) in [4.78, 5) is 37.0. The average Bonchev–Trinajstić information content (AvgIpc) is 3.02. The first kappa shape index (κ1) is 15.5. The summed E-state index contributed by atoms with van der Waals surface area (Å²) in [6.07, 6.45) is 2.52. The van der Waals surface area contributed by atoms with E-state index in [0.29, 0.717) is 25.8 Å². The SMILES string of the molecule is O=C1Nc2ccccc2CC1CCC(=O)N1CCC[C@@H]1C(=O)O. The van der Waals surface area contributed by atoms with Crippen molar-refractivity contribution in [1.82, 2.24) is 4.90 Å². The van der Waals surface area contributed by atoms with Gasteiger partial charge in [-0.15, -0.1) is 0 Å². The molecule has 1 saturated heterocycles. The van der Waals surface area contributed by atoms with Crippen LogP contribution in [0.25, 0.3) is 0 Å². The number of amides is 2. The van der Waals surface area contributed by atoms with Gasteiger partial charge in [0.05, 0.1) is 0 Å². The molecule has 1 aromatic rings. The summed E-state index contributed by atoms with van der Waals surface area (Å²) in [5, 5.41) is 12.0. The first-order chi connectivity index (χ1) is 11.1. The monoisotopic (exact) mass is 316 g/mol. The molecule has 2 atom stereocenters. The lowest BCUT2D eigenvalue weighted by molar-refractivity contribution is -0.148. The van der Waals surface area contributed by atoms with Crippen molar-refractivity contribution in [3.63, 3.8) is 0 Å². The number of carbonyl (C=O) groups is 3. The second-order valence-electron chi connectivity index (χ2n) is 6.17. The van der Waals surface area contributed by atoms with E-state index in [1.54, 1.807) is 0 Å². The Bertz CT molecular complexity index is 643. The second-order valence-corrected chi connectivity index (χ2v) is 6.17. The van der Waals surface area contributed by atoms with Crippen LogP contribution in [0.2, 0.25) is 0 Å². The summed E-state index contributed by atoms with van der Waals surface area (Å²) in [7, 11) is 0. The Morgan fingerprint density at radius 2 is 2.09 bits per heavy atom. The van der Waals surface area contributed by atoms with Gasteiger partial charge in [0.2, 0.25) is 11.8 Å². The minimum absolute atomic E-state index is 0.0623. The van der Waals surface area contributed by atoms with Gasteiger partial charge in [0.15, 0.2) is 0 Å². The quantitative estimate of drug-likeness (QED) is 0.884. The van der Waals surface area contributed by atoms with Crippen molar-refractivity contribution < 1.29 is 19.5 Å². The molecule has 2 N–H and O–H groups in total. The van der Waals surface area contributed by atoms with Gasteiger partial charge in [0.25, 0.3) is 0 Å². The first-order valence-corrected chi connectivity index (χ1v) is 7.97. The third-order valence-corrected chi connectivity index (χ3v) is 4.68. The first-order valence-electron chi connectivity index (χ1n) is 7.97. The van der Waals surface area contributed by atoms with E-state index in [1.807, 2.05) is 24.3 Å². The lowest BCUT2D eigenvalue weighted by Crippen LogP contribution is -2.41. The molecule has 3 rings (SSSR count).